The fourth-order valence-electron chi connectivity index (χ4n) is 3.31. The maximum atomic E-state index is 12.8. The highest BCUT2D eigenvalue weighted by molar-refractivity contribution is 9.10. The van der Waals surface area contributed by atoms with Gasteiger partial charge in [-0.2, -0.15) is 0 Å². The number of carbonyl (C=O) groups excluding carboxylic acids is 3. The van der Waals surface area contributed by atoms with Crippen LogP contribution in [0.5, 0.6) is 0 Å². The van der Waals surface area contributed by atoms with Gasteiger partial charge in [-0.05, 0) is 54.1 Å². The predicted octanol–water partition coefficient (Wildman–Crippen LogP) is 6.90. The van der Waals surface area contributed by atoms with Crippen LogP contribution >= 0.6 is 27.7 Å². The number of imide groups is 1. The maximum Gasteiger partial charge on any atom is 0.338 e. The van der Waals surface area contributed by atoms with Crippen LogP contribution < -0.4 is 0 Å². The number of furan rings is 1. The van der Waals surface area contributed by atoms with Crippen molar-refractivity contribution < 1.29 is 23.5 Å². The minimum atomic E-state index is -0.352. The first kappa shape index (κ1) is 24.0. The molecular weight excluding hydrogens is 518 g/mol. The Balaban J connectivity index is 1.44. The quantitative estimate of drug-likeness (QED) is 0.176. The number of esters is 1. The Labute approximate surface area is 210 Å². The Morgan fingerprint density at radius 3 is 2.59 bits per heavy atom. The molecule has 1 aromatic heterocycles. The molecule has 0 aliphatic carbocycles. The van der Waals surface area contributed by atoms with Crippen molar-refractivity contribution in [1.82, 2.24) is 4.90 Å². The number of thioether (sulfide) groups is 1. The van der Waals surface area contributed by atoms with Crippen molar-refractivity contribution in [1.29, 1.82) is 0 Å². The minimum absolute atomic E-state index is 0.195. The average molecular weight is 540 g/mol. The number of hydrogen-bond donors (Lipinski definition) is 0. The molecule has 0 spiro atoms. The fraction of sp³-hybridized carbons (Fsp3) is 0.192. The van der Waals surface area contributed by atoms with E-state index in [1.165, 1.54) is 4.90 Å². The summed E-state index contributed by atoms with van der Waals surface area (Å²) in [6, 6.07) is 18.0. The first-order valence-corrected chi connectivity index (χ1v) is 12.4. The third-order valence-electron chi connectivity index (χ3n) is 5.20. The van der Waals surface area contributed by atoms with Crippen LogP contribution in [-0.4, -0.2) is 28.6 Å². The van der Waals surface area contributed by atoms with E-state index in [0.717, 1.165) is 40.2 Å². The zero-order chi connectivity index (χ0) is 24.1. The van der Waals surface area contributed by atoms with Gasteiger partial charge in [-0.15, -0.1) is 0 Å². The first-order valence-electron chi connectivity index (χ1n) is 10.8. The van der Waals surface area contributed by atoms with E-state index >= 15 is 0 Å². The lowest BCUT2D eigenvalue weighted by atomic mass is 10.1. The minimum Gasteiger partial charge on any atom is -0.462 e. The third-order valence-corrected chi connectivity index (χ3v) is 6.88. The lowest BCUT2D eigenvalue weighted by Gasteiger charge is -2.13. The second-order valence-corrected chi connectivity index (χ2v) is 9.48. The lowest BCUT2D eigenvalue weighted by Crippen LogP contribution is -2.27. The van der Waals surface area contributed by atoms with Gasteiger partial charge < -0.3 is 9.15 Å². The van der Waals surface area contributed by atoms with Crippen molar-refractivity contribution in [2.45, 2.75) is 26.3 Å². The summed E-state index contributed by atoms with van der Waals surface area (Å²) in [5.74, 6) is 0.349. The van der Waals surface area contributed by atoms with Crippen molar-refractivity contribution in [3.05, 3.63) is 86.9 Å². The van der Waals surface area contributed by atoms with Crippen LogP contribution in [0.3, 0.4) is 0 Å². The van der Waals surface area contributed by atoms with Crippen molar-refractivity contribution in [3.63, 3.8) is 0 Å². The highest BCUT2D eigenvalue weighted by atomic mass is 79.9. The molecule has 0 N–H and O–H groups in total. The number of nitrogens with zero attached hydrogens (tertiary/aromatic N) is 1. The van der Waals surface area contributed by atoms with E-state index in [4.69, 9.17) is 9.15 Å². The van der Waals surface area contributed by atoms with E-state index in [-0.39, 0.29) is 23.7 Å². The fourth-order valence-corrected chi connectivity index (χ4v) is 4.54. The number of unbranched alkanes of at least 4 members (excludes halogenated alkanes) is 1. The van der Waals surface area contributed by atoms with Gasteiger partial charge in [0, 0.05) is 16.1 Å². The summed E-state index contributed by atoms with van der Waals surface area (Å²) in [6.45, 7) is 2.64. The molecule has 2 aromatic carbocycles. The van der Waals surface area contributed by atoms with E-state index in [9.17, 15) is 14.4 Å². The van der Waals surface area contributed by atoms with Gasteiger partial charge in [0.05, 0.1) is 23.6 Å². The molecule has 1 aliphatic heterocycles. The molecule has 0 bridgehead atoms. The summed E-state index contributed by atoms with van der Waals surface area (Å²) < 4.78 is 11.9. The van der Waals surface area contributed by atoms with Gasteiger partial charge in [-0.25, -0.2) is 4.79 Å². The first-order chi connectivity index (χ1) is 16.5. The van der Waals surface area contributed by atoms with Crippen molar-refractivity contribution in [3.8, 4) is 11.3 Å². The molecule has 2 amide bonds. The molecule has 1 fully saturated rings. The van der Waals surface area contributed by atoms with Crippen LogP contribution in [0.1, 0.15) is 41.4 Å². The van der Waals surface area contributed by atoms with Gasteiger partial charge in [0.2, 0.25) is 0 Å². The maximum absolute atomic E-state index is 12.8. The molecule has 8 heteroatoms. The van der Waals surface area contributed by atoms with Gasteiger partial charge in [-0.1, -0.05) is 59.6 Å². The summed E-state index contributed by atoms with van der Waals surface area (Å²) >= 11 is 4.34. The molecule has 1 aliphatic rings. The van der Waals surface area contributed by atoms with Gasteiger partial charge in [0.1, 0.15) is 11.5 Å². The van der Waals surface area contributed by atoms with Crippen molar-refractivity contribution >= 4 is 50.9 Å². The molecular formula is C26H22BrNO5S. The molecule has 6 nitrogen and oxygen atoms in total. The molecule has 0 unspecified atom stereocenters. The lowest BCUT2D eigenvalue weighted by molar-refractivity contribution is -0.123. The number of rotatable bonds is 8. The topological polar surface area (TPSA) is 76.8 Å². The van der Waals surface area contributed by atoms with Gasteiger partial charge in [0.15, 0.2) is 0 Å². The monoisotopic (exact) mass is 539 g/mol. The van der Waals surface area contributed by atoms with Crippen LogP contribution in [0.25, 0.3) is 17.4 Å². The summed E-state index contributed by atoms with van der Waals surface area (Å²) in [5, 5.41) is -0.319. The van der Waals surface area contributed by atoms with Gasteiger partial charge in [-0.3, -0.25) is 14.5 Å². The SMILES string of the molecule is CCCCOC(=O)c1ccc(-c2ccc(/C=C3\SC(=O)N(Cc4ccccc4Br)C3=O)o2)cc1. The zero-order valence-electron chi connectivity index (χ0n) is 18.5. The van der Waals surface area contributed by atoms with E-state index < -0.39 is 0 Å². The van der Waals surface area contributed by atoms with Crippen LogP contribution in [0.4, 0.5) is 4.79 Å². The van der Waals surface area contributed by atoms with Crippen molar-refractivity contribution in [2.75, 3.05) is 6.61 Å². The summed E-state index contributed by atoms with van der Waals surface area (Å²) in [6.07, 6.45) is 3.38. The Bertz CT molecular complexity index is 1250. The summed E-state index contributed by atoms with van der Waals surface area (Å²) in [5.41, 5.74) is 2.11. The molecule has 174 valence electrons. The average Bonchev–Trinajstić information content (AvgIpc) is 3.41. The van der Waals surface area contributed by atoms with Crippen LogP contribution in [0, 0.1) is 0 Å². The number of hydrogen-bond acceptors (Lipinski definition) is 6. The molecule has 0 atom stereocenters. The summed E-state index contributed by atoms with van der Waals surface area (Å²) in [7, 11) is 0. The number of carbonyl (C=O) groups is 3. The number of ether oxygens (including phenoxy) is 1. The number of benzene rings is 2. The molecule has 34 heavy (non-hydrogen) atoms. The van der Waals surface area contributed by atoms with Crippen LogP contribution in [-0.2, 0) is 16.1 Å². The van der Waals surface area contributed by atoms with Gasteiger partial charge in [0.25, 0.3) is 11.1 Å². The standard InChI is InChI=1S/C26H22BrNO5S/c1-2-3-14-32-25(30)18-10-8-17(9-11-18)22-13-12-20(33-22)15-23-24(29)28(26(31)34-23)16-19-6-4-5-7-21(19)27/h4-13,15H,2-3,14,16H2,1H3/b23-15-. The Hall–Kier alpha value is -3.10. The van der Waals surface area contributed by atoms with E-state index in [2.05, 4.69) is 15.9 Å². The second-order valence-electron chi connectivity index (χ2n) is 7.63. The van der Waals surface area contributed by atoms with Crippen molar-refractivity contribution in [2.24, 2.45) is 0 Å². The predicted molar refractivity (Wildman–Crippen MR) is 135 cm³/mol. The van der Waals surface area contributed by atoms with Crippen LogP contribution in [0.15, 0.2) is 74.5 Å². The van der Waals surface area contributed by atoms with Gasteiger partial charge >= 0.3 is 5.97 Å². The number of halogens is 1. The van der Waals surface area contributed by atoms with Crippen LogP contribution in [0.2, 0.25) is 0 Å². The molecule has 2 heterocycles. The smallest absolute Gasteiger partial charge is 0.338 e. The van der Waals surface area contributed by atoms with E-state index in [1.54, 1.807) is 42.5 Å². The number of amides is 2. The Morgan fingerprint density at radius 2 is 1.85 bits per heavy atom. The normalized spacial score (nSPS) is 14.8. The molecule has 0 radical (unpaired) electrons. The zero-order valence-corrected chi connectivity index (χ0v) is 20.9. The highest BCUT2D eigenvalue weighted by Gasteiger charge is 2.35. The molecule has 1 saturated heterocycles. The molecule has 3 aromatic rings. The Morgan fingerprint density at radius 1 is 1.09 bits per heavy atom. The summed E-state index contributed by atoms with van der Waals surface area (Å²) in [4.78, 5) is 38.9. The molecule has 0 saturated carbocycles. The second kappa shape index (κ2) is 10.9. The van der Waals surface area contributed by atoms with E-state index in [1.807, 2.05) is 31.2 Å². The van der Waals surface area contributed by atoms with E-state index in [0.29, 0.717) is 28.6 Å². The largest absolute Gasteiger partial charge is 0.462 e. The third kappa shape index (κ3) is 5.51. The molecule has 4 rings (SSSR count). The highest BCUT2D eigenvalue weighted by Crippen LogP contribution is 2.35. The Kier molecular flexibility index (Phi) is 7.70.